The lowest BCUT2D eigenvalue weighted by Gasteiger charge is -1.83. The van der Waals surface area contributed by atoms with E-state index in [1.165, 1.54) is 6.08 Å². The number of hydrogen-bond acceptors (Lipinski definition) is 2. The first-order chi connectivity index (χ1) is 2.27. The maximum atomic E-state index is 8.11. The van der Waals surface area contributed by atoms with Crippen molar-refractivity contribution < 1.29 is 5.11 Å². The predicted molar refractivity (Wildman–Crippen MR) is 25.2 cm³/mol. The summed E-state index contributed by atoms with van der Waals surface area (Å²) < 4.78 is 0. The van der Waals surface area contributed by atoms with Gasteiger partial charge in [0, 0.05) is 0 Å². The number of rotatable bonds is 1. The number of aliphatic hydroxyl groups is 1. The lowest BCUT2D eigenvalue weighted by Crippen LogP contribution is -1.83. The Morgan fingerprint density at radius 1 is 2.00 bits per heavy atom. The summed E-state index contributed by atoms with van der Waals surface area (Å²) in [7, 11) is 0. The second kappa shape index (κ2) is 2.30. The van der Waals surface area contributed by atoms with Crippen LogP contribution in [0.25, 0.3) is 0 Å². The molecule has 0 saturated carbocycles. The average molecular weight is 90.1 g/mol. The predicted octanol–water partition coefficient (Wildman–Crippen LogP) is 0.421. The van der Waals surface area contributed by atoms with Gasteiger partial charge in [-0.05, 0) is 0 Å². The minimum absolute atomic E-state index is 0.657. The maximum Gasteiger partial charge on any atom is 0.115 e. The molecule has 0 aromatic rings. The van der Waals surface area contributed by atoms with Crippen molar-refractivity contribution in [3.8, 4) is 0 Å². The van der Waals surface area contributed by atoms with E-state index in [-0.39, 0.29) is 0 Å². The quantitative estimate of drug-likeness (QED) is 0.271. The summed E-state index contributed by atoms with van der Waals surface area (Å²) in [6.07, 6.45) is 1.34. The van der Waals surface area contributed by atoms with Gasteiger partial charge in [-0.15, -0.1) is 12.6 Å². The van der Waals surface area contributed by atoms with Crippen LogP contribution in [0.2, 0.25) is 0 Å². The topological polar surface area (TPSA) is 20.2 Å². The zero-order valence-corrected chi connectivity index (χ0v) is 3.65. The second-order valence-electron chi connectivity index (χ2n) is 0.649. The highest BCUT2D eigenvalue weighted by Gasteiger charge is 1.76. The molecule has 0 bridgehead atoms. The molecule has 0 spiro atoms. The normalized spacial score (nSPS) is 14.0. The first-order valence-corrected chi connectivity index (χ1v) is 1.77. The fraction of sp³-hybridized carbons (Fsp3) is 0.333. The van der Waals surface area contributed by atoms with Gasteiger partial charge >= 0.3 is 0 Å². The summed E-state index contributed by atoms with van der Waals surface area (Å²) in [5, 5.41) is 8.11. The van der Waals surface area contributed by atoms with Crippen molar-refractivity contribution in [1.29, 1.82) is 0 Å². The largest absolute Gasteiger partial charge is 0.379 e. The highest BCUT2D eigenvalue weighted by atomic mass is 32.1. The van der Waals surface area contributed by atoms with Crippen molar-refractivity contribution >= 4 is 12.6 Å². The molecule has 0 aromatic carbocycles. The molecule has 0 radical (unpaired) electrons. The zero-order chi connectivity index (χ0) is 4.28. The first kappa shape index (κ1) is 5.05. The Balaban J connectivity index is 2.83. The van der Waals surface area contributed by atoms with Gasteiger partial charge in [-0.25, -0.2) is 0 Å². The molecule has 0 aliphatic rings. The van der Waals surface area contributed by atoms with Crippen LogP contribution < -0.4 is 0 Å². The van der Waals surface area contributed by atoms with Gasteiger partial charge in [0.25, 0.3) is 0 Å². The Bertz CT molecular complexity index is 33.9. The van der Waals surface area contributed by atoms with E-state index in [4.69, 9.17) is 5.11 Å². The van der Waals surface area contributed by atoms with Crippen LogP contribution >= 0.6 is 12.6 Å². The standard InChI is InChI=1S/C3H6OS/c1-2-3(4)5/h2-5H,1H2/t3-/m1/s1. The Labute approximate surface area is 36.7 Å². The van der Waals surface area contributed by atoms with Gasteiger partial charge in [0.05, 0.1) is 0 Å². The summed E-state index contributed by atoms with van der Waals surface area (Å²) >= 11 is 3.54. The van der Waals surface area contributed by atoms with Gasteiger partial charge in [0.1, 0.15) is 5.44 Å². The van der Waals surface area contributed by atoms with E-state index in [1.807, 2.05) is 0 Å². The summed E-state index contributed by atoms with van der Waals surface area (Å²) in [5.41, 5.74) is -0.657. The third-order valence-corrected chi connectivity index (χ3v) is 0.422. The molecule has 0 aliphatic heterocycles. The lowest BCUT2D eigenvalue weighted by atomic mass is 10.7. The van der Waals surface area contributed by atoms with Gasteiger partial charge in [-0.2, -0.15) is 0 Å². The molecular formula is C3H6OS. The molecule has 1 atom stereocenters. The fourth-order valence-corrected chi connectivity index (χ4v) is 0. The maximum absolute atomic E-state index is 8.11. The van der Waals surface area contributed by atoms with E-state index < -0.39 is 5.44 Å². The summed E-state index contributed by atoms with van der Waals surface area (Å²) in [5.74, 6) is 0. The van der Waals surface area contributed by atoms with Crippen LogP contribution in [0.3, 0.4) is 0 Å². The SMILES string of the molecule is C=C[C@H](O)S. The zero-order valence-electron chi connectivity index (χ0n) is 2.76. The van der Waals surface area contributed by atoms with Gasteiger partial charge in [-0.1, -0.05) is 12.7 Å². The van der Waals surface area contributed by atoms with Crippen LogP contribution in [0.4, 0.5) is 0 Å². The molecule has 0 heterocycles. The molecule has 0 aromatic heterocycles. The third kappa shape index (κ3) is 4.05. The van der Waals surface area contributed by atoms with Crippen LogP contribution in [-0.4, -0.2) is 10.5 Å². The minimum Gasteiger partial charge on any atom is -0.379 e. The molecule has 1 N–H and O–H groups in total. The molecule has 0 rings (SSSR count). The monoisotopic (exact) mass is 90.0 g/mol. The number of thiol groups is 1. The number of aliphatic hydroxyl groups excluding tert-OH is 1. The van der Waals surface area contributed by atoms with E-state index in [2.05, 4.69) is 19.2 Å². The summed E-state index contributed by atoms with van der Waals surface area (Å²) in [6.45, 7) is 3.23. The highest BCUT2D eigenvalue weighted by molar-refractivity contribution is 7.80. The molecule has 2 heteroatoms. The van der Waals surface area contributed by atoms with Gasteiger partial charge in [-0.3, -0.25) is 0 Å². The summed E-state index contributed by atoms with van der Waals surface area (Å²) in [6, 6.07) is 0. The Hall–Kier alpha value is 0.0500. The second-order valence-corrected chi connectivity index (χ2v) is 1.18. The van der Waals surface area contributed by atoms with Gasteiger partial charge in [0.2, 0.25) is 0 Å². The van der Waals surface area contributed by atoms with Crippen LogP contribution in [0.5, 0.6) is 0 Å². The molecular weight excluding hydrogens is 84.1 g/mol. The van der Waals surface area contributed by atoms with Crippen LogP contribution in [-0.2, 0) is 0 Å². The van der Waals surface area contributed by atoms with Crippen LogP contribution in [0, 0.1) is 0 Å². The van der Waals surface area contributed by atoms with Crippen molar-refractivity contribution in [2.75, 3.05) is 0 Å². The van der Waals surface area contributed by atoms with E-state index in [0.29, 0.717) is 0 Å². The number of hydrogen-bond donors (Lipinski definition) is 2. The Morgan fingerprint density at radius 3 is 2.20 bits per heavy atom. The molecule has 5 heavy (non-hydrogen) atoms. The van der Waals surface area contributed by atoms with Crippen molar-refractivity contribution in [1.82, 2.24) is 0 Å². The Morgan fingerprint density at radius 2 is 2.20 bits per heavy atom. The van der Waals surface area contributed by atoms with Gasteiger partial charge in [0.15, 0.2) is 0 Å². The van der Waals surface area contributed by atoms with Crippen molar-refractivity contribution in [2.24, 2.45) is 0 Å². The van der Waals surface area contributed by atoms with Crippen molar-refractivity contribution in [3.63, 3.8) is 0 Å². The van der Waals surface area contributed by atoms with E-state index >= 15 is 0 Å². The van der Waals surface area contributed by atoms with Crippen LogP contribution in [0.15, 0.2) is 12.7 Å². The molecule has 0 fully saturated rings. The third-order valence-electron chi connectivity index (χ3n) is 0.211. The highest BCUT2D eigenvalue weighted by Crippen LogP contribution is 1.84. The molecule has 30 valence electrons. The minimum atomic E-state index is -0.657. The molecule has 1 nitrogen and oxygen atoms in total. The van der Waals surface area contributed by atoms with Gasteiger partial charge < -0.3 is 5.11 Å². The van der Waals surface area contributed by atoms with Crippen LogP contribution in [0.1, 0.15) is 0 Å². The molecule has 0 saturated heterocycles. The molecule has 0 amide bonds. The fourth-order valence-electron chi connectivity index (χ4n) is 0. The first-order valence-electron chi connectivity index (χ1n) is 1.26. The van der Waals surface area contributed by atoms with E-state index in [1.54, 1.807) is 0 Å². The van der Waals surface area contributed by atoms with Crippen molar-refractivity contribution in [3.05, 3.63) is 12.7 Å². The molecule has 0 aliphatic carbocycles. The van der Waals surface area contributed by atoms with Crippen molar-refractivity contribution in [2.45, 2.75) is 5.44 Å². The van der Waals surface area contributed by atoms with E-state index in [0.717, 1.165) is 0 Å². The smallest absolute Gasteiger partial charge is 0.115 e. The summed E-state index contributed by atoms with van der Waals surface area (Å²) in [4.78, 5) is 0. The average Bonchev–Trinajstić information content (AvgIpc) is 1.38. The molecule has 0 unspecified atom stereocenters. The van der Waals surface area contributed by atoms with E-state index in [9.17, 15) is 0 Å². The Kier molecular flexibility index (Phi) is 2.32. The lowest BCUT2D eigenvalue weighted by molar-refractivity contribution is 0.312.